The molecule has 0 saturated carbocycles. The second kappa shape index (κ2) is 6.45. The van der Waals surface area contributed by atoms with E-state index in [1.54, 1.807) is 12.5 Å². The molecule has 22 heavy (non-hydrogen) atoms. The molecule has 7 heteroatoms. The molecule has 1 atom stereocenters. The molecule has 3 rings (SSSR count). The summed E-state index contributed by atoms with van der Waals surface area (Å²) in [5.74, 6) is 0. The van der Waals surface area contributed by atoms with E-state index >= 15 is 0 Å². The number of methoxy groups -OCH3 is 1. The third kappa shape index (κ3) is 2.94. The van der Waals surface area contributed by atoms with E-state index in [9.17, 15) is 8.42 Å². The minimum atomic E-state index is -3.54. The fraction of sp³-hybridized carbons (Fsp3) is 0.400. The standard InChI is InChI=1S/C15H18N2O3S2/c1-20-13-8-5-9-17(10-13)22(18,19)14-11-21-16-15(14)12-6-3-2-4-7-12/h2-4,6-7,11,13H,5,8-10H2,1H3. The van der Waals surface area contributed by atoms with Gasteiger partial charge in [0.05, 0.1) is 6.10 Å². The second-order valence-electron chi connectivity index (χ2n) is 5.26. The van der Waals surface area contributed by atoms with Crippen molar-refractivity contribution in [2.24, 2.45) is 0 Å². The van der Waals surface area contributed by atoms with Gasteiger partial charge in [-0.3, -0.25) is 0 Å². The number of hydrogen-bond acceptors (Lipinski definition) is 5. The lowest BCUT2D eigenvalue weighted by Crippen LogP contribution is -2.42. The lowest BCUT2D eigenvalue weighted by Gasteiger charge is -2.30. The maximum atomic E-state index is 12.9. The molecular weight excluding hydrogens is 320 g/mol. The highest BCUT2D eigenvalue weighted by Gasteiger charge is 2.33. The first kappa shape index (κ1) is 15.6. The predicted molar refractivity (Wildman–Crippen MR) is 86.3 cm³/mol. The van der Waals surface area contributed by atoms with Crippen LogP contribution >= 0.6 is 11.5 Å². The van der Waals surface area contributed by atoms with Crippen molar-refractivity contribution in [2.75, 3.05) is 20.2 Å². The van der Waals surface area contributed by atoms with Crippen LogP contribution in [0.25, 0.3) is 11.3 Å². The van der Waals surface area contributed by atoms with Crippen molar-refractivity contribution in [3.8, 4) is 11.3 Å². The molecule has 1 fully saturated rings. The molecular formula is C15H18N2O3S2. The van der Waals surface area contributed by atoms with Crippen molar-refractivity contribution < 1.29 is 13.2 Å². The lowest BCUT2D eigenvalue weighted by molar-refractivity contribution is 0.0572. The molecule has 5 nitrogen and oxygen atoms in total. The van der Waals surface area contributed by atoms with E-state index in [-0.39, 0.29) is 6.10 Å². The Bertz CT molecular complexity index is 728. The number of hydrogen-bond donors (Lipinski definition) is 0. The molecule has 0 amide bonds. The normalized spacial score (nSPS) is 20.1. The molecule has 0 N–H and O–H groups in total. The fourth-order valence-corrected chi connectivity index (χ4v) is 5.32. The number of nitrogens with zero attached hydrogens (tertiary/aromatic N) is 2. The maximum absolute atomic E-state index is 12.9. The van der Waals surface area contributed by atoms with E-state index < -0.39 is 10.0 Å². The lowest BCUT2D eigenvalue weighted by atomic mass is 10.1. The minimum absolute atomic E-state index is 0.0321. The summed E-state index contributed by atoms with van der Waals surface area (Å²) < 4.78 is 37.0. The first-order valence-corrected chi connectivity index (χ1v) is 9.43. The zero-order valence-corrected chi connectivity index (χ0v) is 13.9. The fourth-order valence-electron chi connectivity index (χ4n) is 2.66. The molecule has 1 aliphatic rings. The maximum Gasteiger partial charge on any atom is 0.246 e. The topological polar surface area (TPSA) is 59.5 Å². The van der Waals surface area contributed by atoms with Crippen molar-refractivity contribution in [3.05, 3.63) is 35.7 Å². The van der Waals surface area contributed by atoms with Crippen LogP contribution in [0.2, 0.25) is 0 Å². The van der Waals surface area contributed by atoms with Gasteiger partial charge in [-0.1, -0.05) is 30.3 Å². The van der Waals surface area contributed by atoms with E-state index in [1.807, 2.05) is 30.3 Å². The monoisotopic (exact) mass is 338 g/mol. The van der Waals surface area contributed by atoms with Crippen molar-refractivity contribution in [2.45, 2.75) is 23.8 Å². The van der Waals surface area contributed by atoms with E-state index in [1.165, 1.54) is 15.8 Å². The highest BCUT2D eigenvalue weighted by Crippen LogP contribution is 2.31. The van der Waals surface area contributed by atoms with Crippen LogP contribution in [-0.4, -0.2) is 43.4 Å². The van der Waals surface area contributed by atoms with Gasteiger partial charge in [0.1, 0.15) is 10.6 Å². The second-order valence-corrected chi connectivity index (χ2v) is 7.79. The third-order valence-corrected chi connectivity index (χ3v) is 6.53. The number of ether oxygens (including phenoxy) is 1. The Balaban J connectivity index is 1.95. The molecule has 0 bridgehead atoms. The molecule has 1 saturated heterocycles. The van der Waals surface area contributed by atoms with Crippen LogP contribution in [0, 0.1) is 0 Å². The quantitative estimate of drug-likeness (QED) is 0.860. The third-order valence-electron chi connectivity index (χ3n) is 3.88. The van der Waals surface area contributed by atoms with Gasteiger partial charge in [-0.05, 0) is 24.4 Å². The van der Waals surface area contributed by atoms with Crippen LogP contribution in [0.5, 0.6) is 0 Å². The van der Waals surface area contributed by atoms with Crippen LogP contribution in [0.3, 0.4) is 0 Å². The van der Waals surface area contributed by atoms with Crippen molar-refractivity contribution >= 4 is 21.6 Å². The molecule has 1 aromatic heterocycles. The Morgan fingerprint density at radius 2 is 2.09 bits per heavy atom. The molecule has 1 unspecified atom stereocenters. The Morgan fingerprint density at radius 3 is 2.82 bits per heavy atom. The Morgan fingerprint density at radius 1 is 1.32 bits per heavy atom. The van der Waals surface area contributed by atoms with E-state index in [2.05, 4.69) is 4.37 Å². The molecule has 2 aromatic rings. The summed E-state index contributed by atoms with van der Waals surface area (Å²) in [7, 11) is -1.91. The summed E-state index contributed by atoms with van der Waals surface area (Å²) in [4.78, 5) is 0.292. The van der Waals surface area contributed by atoms with Gasteiger partial charge in [0.15, 0.2) is 0 Å². The first-order valence-electron chi connectivity index (χ1n) is 7.15. The van der Waals surface area contributed by atoms with E-state index in [0.29, 0.717) is 23.7 Å². The molecule has 0 radical (unpaired) electrons. The summed E-state index contributed by atoms with van der Waals surface area (Å²) in [6, 6.07) is 9.42. The van der Waals surface area contributed by atoms with Crippen LogP contribution in [-0.2, 0) is 14.8 Å². The summed E-state index contributed by atoms with van der Waals surface area (Å²) >= 11 is 1.17. The van der Waals surface area contributed by atoms with Gasteiger partial charge in [0.25, 0.3) is 0 Å². The number of benzene rings is 1. The zero-order chi connectivity index (χ0) is 15.6. The van der Waals surface area contributed by atoms with Gasteiger partial charge < -0.3 is 4.74 Å². The summed E-state index contributed by atoms with van der Waals surface area (Å²) in [5, 5.41) is 1.62. The Kier molecular flexibility index (Phi) is 4.58. The SMILES string of the molecule is COC1CCCN(S(=O)(=O)c2csnc2-c2ccccc2)C1. The number of aromatic nitrogens is 1. The summed E-state index contributed by atoms with van der Waals surface area (Å²) in [6.45, 7) is 0.940. The molecule has 0 aliphatic carbocycles. The highest BCUT2D eigenvalue weighted by molar-refractivity contribution is 7.89. The molecule has 2 heterocycles. The Labute approximate surface area is 134 Å². The van der Waals surface area contributed by atoms with Crippen molar-refractivity contribution in [3.63, 3.8) is 0 Å². The highest BCUT2D eigenvalue weighted by atomic mass is 32.2. The van der Waals surface area contributed by atoms with Gasteiger partial charge in [-0.2, -0.15) is 8.68 Å². The van der Waals surface area contributed by atoms with Crippen LogP contribution in [0.4, 0.5) is 0 Å². The summed E-state index contributed by atoms with van der Waals surface area (Å²) in [5.41, 5.74) is 1.35. The average molecular weight is 338 g/mol. The average Bonchev–Trinajstić information content (AvgIpc) is 3.06. The predicted octanol–water partition coefficient (Wildman–Crippen LogP) is 2.61. The van der Waals surface area contributed by atoms with E-state index in [4.69, 9.17) is 4.74 Å². The molecule has 1 aromatic carbocycles. The van der Waals surface area contributed by atoms with Gasteiger partial charge >= 0.3 is 0 Å². The van der Waals surface area contributed by atoms with Crippen molar-refractivity contribution in [1.82, 2.24) is 8.68 Å². The van der Waals surface area contributed by atoms with E-state index in [0.717, 1.165) is 18.4 Å². The van der Waals surface area contributed by atoms with Crippen LogP contribution in [0.15, 0.2) is 40.6 Å². The molecule has 118 valence electrons. The van der Waals surface area contributed by atoms with Crippen molar-refractivity contribution in [1.29, 1.82) is 0 Å². The number of piperidine rings is 1. The first-order chi connectivity index (χ1) is 10.6. The van der Waals surface area contributed by atoms with Gasteiger partial charge in [-0.25, -0.2) is 8.42 Å². The smallest absolute Gasteiger partial charge is 0.246 e. The van der Waals surface area contributed by atoms with Gasteiger partial charge in [0.2, 0.25) is 10.0 Å². The minimum Gasteiger partial charge on any atom is -0.380 e. The summed E-state index contributed by atoms with van der Waals surface area (Å²) in [6.07, 6.45) is 1.68. The zero-order valence-electron chi connectivity index (χ0n) is 12.3. The molecule has 0 spiro atoms. The largest absolute Gasteiger partial charge is 0.380 e. The van der Waals surface area contributed by atoms with Crippen LogP contribution < -0.4 is 0 Å². The Hall–Kier alpha value is -1.28. The van der Waals surface area contributed by atoms with Gasteiger partial charge in [-0.15, -0.1) is 0 Å². The number of sulfonamides is 1. The molecule has 1 aliphatic heterocycles. The number of rotatable bonds is 4. The van der Waals surface area contributed by atoms with Crippen LogP contribution in [0.1, 0.15) is 12.8 Å². The van der Waals surface area contributed by atoms with Gasteiger partial charge in [0, 0.05) is 31.1 Å².